The van der Waals surface area contributed by atoms with Gasteiger partial charge in [-0.2, -0.15) is 0 Å². The summed E-state index contributed by atoms with van der Waals surface area (Å²) >= 11 is 0. The minimum atomic E-state index is -0.273. The van der Waals surface area contributed by atoms with Crippen LogP contribution in [0.3, 0.4) is 0 Å². The number of aliphatic hydroxyl groups excluding tert-OH is 1. The molecule has 3 nitrogen and oxygen atoms in total. The van der Waals surface area contributed by atoms with E-state index in [0.29, 0.717) is 6.04 Å². The summed E-state index contributed by atoms with van der Waals surface area (Å²) in [4.78, 5) is 2.59. The monoisotopic (exact) mass is 290 g/mol. The molecule has 118 valence electrons. The molecule has 1 aromatic heterocycles. The van der Waals surface area contributed by atoms with E-state index in [4.69, 9.17) is 0 Å². The maximum Gasteiger partial charge on any atom is 0.0812 e. The van der Waals surface area contributed by atoms with Crippen LogP contribution in [0.1, 0.15) is 69.9 Å². The zero-order chi connectivity index (χ0) is 15.0. The number of nitrogens with zero attached hydrogens (tertiary/aromatic N) is 2. The molecule has 1 aliphatic heterocycles. The third kappa shape index (κ3) is 3.04. The maximum atomic E-state index is 10.4. The summed E-state index contributed by atoms with van der Waals surface area (Å²) < 4.78 is 2.49. The Labute approximate surface area is 129 Å². The molecule has 0 bridgehead atoms. The molecule has 1 unspecified atom stereocenters. The Morgan fingerprint density at radius 3 is 2.67 bits per heavy atom. The van der Waals surface area contributed by atoms with Gasteiger partial charge in [0.2, 0.25) is 0 Å². The van der Waals surface area contributed by atoms with Crippen molar-refractivity contribution in [3.63, 3.8) is 0 Å². The van der Waals surface area contributed by atoms with Crippen LogP contribution in [0.25, 0.3) is 0 Å². The Morgan fingerprint density at radius 2 is 2.00 bits per heavy atom. The summed E-state index contributed by atoms with van der Waals surface area (Å²) in [7, 11) is 0. The molecule has 0 radical (unpaired) electrons. The lowest BCUT2D eigenvalue weighted by Crippen LogP contribution is -2.36. The Kier molecular flexibility index (Phi) is 4.15. The fourth-order valence-electron chi connectivity index (χ4n) is 4.23. The van der Waals surface area contributed by atoms with E-state index in [1.165, 1.54) is 50.2 Å². The third-order valence-electron chi connectivity index (χ3n) is 5.30. The molecule has 0 saturated carbocycles. The largest absolute Gasteiger partial charge is 0.388 e. The lowest BCUT2D eigenvalue weighted by Gasteiger charge is -2.37. The van der Waals surface area contributed by atoms with E-state index in [9.17, 15) is 5.11 Å². The highest BCUT2D eigenvalue weighted by Crippen LogP contribution is 2.42. The van der Waals surface area contributed by atoms with Crippen molar-refractivity contribution in [1.82, 2.24) is 9.47 Å². The minimum Gasteiger partial charge on any atom is -0.388 e. The van der Waals surface area contributed by atoms with Crippen LogP contribution in [-0.4, -0.2) is 34.2 Å². The molecule has 1 saturated heterocycles. The van der Waals surface area contributed by atoms with Crippen LogP contribution in [-0.2, 0) is 6.42 Å². The molecular formula is C18H30N2O. The molecule has 3 rings (SSSR count). The predicted molar refractivity (Wildman–Crippen MR) is 86.5 cm³/mol. The molecule has 1 aliphatic carbocycles. The van der Waals surface area contributed by atoms with Gasteiger partial charge in [-0.1, -0.05) is 20.8 Å². The predicted octanol–water partition coefficient (Wildman–Crippen LogP) is 3.54. The molecule has 1 atom stereocenters. The quantitative estimate of drug-likeness (QED) is 0.922. The topological polar surface area (TPSA) is 28.4 Å². The standard InChI is InChI=1S/C18H30N2O/c1-4-8-19-9-5-14(6-10-19)20-11-7-15-16(20)12-18(2,3)13-17(15)21/h7,11,14,17,21H,4-6,8-10,12-13H2,1-3H3. The number of hydrogen-bond acceptors (Lipinski definition) is 2. The van der Waals surface area contributed by atoms with E-state index in [1.807, 2.05) is 0 Å². The van der Waals surface area contributed by atoms with E-state index in [2.05, 4.69) is 42.5 Å². The number of hydrogen-bond donors (Lipinski definition) is 1. The lowest BCUT2D eigenvalue weighted by molar-refractivity contribution is 0.0961. The number of aromatic nitrogens is 1. The Balaban J connectivity index is 1.76. The van der Waals surface area contributed by atoms with Gasteiger partial charge in [-0.05, 0) is 50.1 Å². The molecule has 2 aliphatic rings. The van der Waals surface area contributed by atoms with Crippen molar-refractivity contribution in [1.29, 1.82) is 0 Å². The molecule has 0 spiro atoms. The Morgan fingerprint density at radius 1 is 1.29 bits per heavy atom. The number of aliphatic hydroxyl groups is 1. The SMILES string of the molecule is CCCN1CCC(n2ccc3c2CC(C)(C)CC3O)CC1. The molecule has 1 fully saturated rings. The summed E-state index contributed by atoms with van der Waals surface area (Å²) in [6, 6.07) is 2.79. The first-order valence-electron chi connectivity index (χ1n) is 8.60. The van der Waals surface area contributed by atoms with Gasteiger partial charge in [-0.25, -0.2) is 0 Å². The molecule has 3 heteroatoms. The van der Waals surface area contributed by atoms with Gasteiger partial charge in [0.05, 0.1) is 6.10 Å². The highest BCUT2D eigenvalue weighted by Gasteiger charge is 2.34. The zero-order valence-electron chi connectivity index (χ0n) is 13.8. The molecule has 0 amide bonds. The minimum absolute atomic E-state index is 0.214. The van der Waals surface area contributed by atoms with Crippen LogP contribution in [0.4, 0.5) is 0 Å². The van der Waals surface area contributed by atoms with Gasteiger partial charge < -0.3 is 14.6 Å². The molecule has 21 heavy (non-hydrogen) atoms. The normalized spacial score (nSPS) is 26.8. The highest BCUT2D eigenvalue weighted by atomic mass is 16.3. The van der Waals surface area contributed by atoms with E-state index in [-0.39, 0.29) is 11.5 Å². The summed E-state index contributed by atoms with van der Waals surface area (Å²) in [5, 5.41) is 10.4. The fourth-order valence-corrected chi connectivity index (χ4v) is 4.23. The van der Waals surface area contributed by atoms with Crippen molar-refractivity contribution in [3.8, 4) is 0 Å². The molecule has 2 heterocycles. The van der Waals surface area contributed by atoms with Crippen molar-refractivity contribution in [2.24, 2.45) is 5.41 Å². The Bertz CT molecular complexity index is 483. The number of piperidine rings is 1. The Hall–Kier alpha value is -0.800. The molecular weight excluding hydrogens is 260 g/mol. The third-order valence-corrected chi connectivity index (χ3v) is 5.30. The number of fused-ring (bicyclic) bond motifs is 1. The summed E-state index contributed by atoms with van der Waals surface area (Å²) in [5.41, 5.74) is 2.80. The van der Waals surface area contributed by atoms with Crippen LogP contribution in [0, 0.1) is 5.41 Å². The van der Waals surface area contributed by atoms with Crippen molar-refractivity contribution in [3.05, 3.63) is 23.5 Å². The first kappa shape index (κ1) is 15.1. The first-order valence-corrected chi connectivity index (χ1v) is 8.60. The lowest BCUT2D eigenvalue weighted by atomic mass is 9.75. The van der Waals surface area contributed by atoms with Gasteiger partial charge in [-0.3, -0.25) is 0 Å². The summed E-state index contributed by atoms with van der Waals surface area (Å²) in [6.45, 7) is 10.5. The second kappa shape index (κ2) is 5.77. The molecule has 1 aromatic rings. The van der Waals surface area contributed by atoms with Gasteiger partial charge in [-0.15, -0.1) is 0 Å². The number of likely N-dealkylation sites (tertiary alicyclic amines) is 1. The zero-order valence-corrected chi connectivity index (χ0v) is 13.8. The first-order chi connectivity index (χ1) is 10.00. The molecule has 1 N–H and O–H groups in total. The van der Waals surface area contributed by atoms with Crippen LogP contribution >= 0.6 is 0 Å². The highest BCUT2D eigenvalue weighted by molar-refractivity contribution is 5.29. The van der Waals surface area contributed by atoms with Gasteiger partial charge in [0.25, 0.3) is 0 Å². The second-order valence-corrected chi connectivity index (χ2v) is 7.76. The van der Waals surface area contributed by atoms with Gasteiger partial charge in [0.1, 0.15) is 0 Å². The fraction of sp³-hybridized carbons (Fsp3) is 0.778. The van der Waals surface area contributed by atoms with Crippen molar-refractivity contribution < 1.29 is 5.11 Å². The van der Waals surface area contributed by atoms with Gasteiger partial charge in [0, 0.05) is 36.6 Å². The van der Waals surface area contributed by atoms with Crippen LogP contribution in [0.15, 0.2) is 12.3 Å². The maximum absolute atomic E-state index is 10.4. The van der Waals surface area contributed by atoms with Gasteiger partial charge >= 0.3 is 0 Å². The van der Waals surface area contributed by atoms with Crippen LogP contribution in [0.2, 0.25) is 0 Å². The van der Waals surface area contributed by atoms with E-state index >= 15 is 0 Å². The smallest absolute Gasteiger partial charge is 0.0812 e. The molecule has 0 aromatic carbocycles. The van der Waals surface area contributed by atoms with E-state index in [0.717, 1.165) is 12.8 Å². The second-order valence-electron chi connectivity index (χ2n) is 7.76. The van der Waals surface area contributed by atoms with Crippen molar-refractivity contribution >= 4 is 0 Å². The van der Waals surface area contributed by atoms with E-state index < -0.39 is 0 Å². The van der Waals surface area contributed by atoms with Crippen LogP contribution < -0.4 is 0 Å². The van der Waals surface area contributed by atoms with Crippen molar-refractivity contribution in [2.75, 3.05) is 19.6 Å². The summed E-state index contributed by atoms with van der Waals surface area (Å²) in [6.07, 6.45) is 7.69. The van der Waals surface area contributed by atoms with Gasteiger partial charge in [0.15, 0.2) is 0 Å². The average molecular weight is 290 g/mol. The van der Waals surface area contributed by atoms with E-state index in [1.54, 1.807) is 0 Å². The average Bonchev–Trinajstić information content (AvgIpc) is 2.82. The summed E-state index contributed by atoms with van der Waals surface area (Å²) in [5.74, 6) is 0. The number of rotatable bonds is 3. The van der Waals surface area contributed by atoms with Crippen molar-refractivity contribution in [2.45, 2.75) is 65.0 Å². The van der Waals surface area contributed by atoms with Crippen LogP contribution in [0.5, 0.6) is 0 Å².